The van der Waals surface area contributed by atoms with Gasteiger partial charge in [-0.25, -0.2) is 4.98 Å². The number of anilines is 1. The average Bonchev–Trinajstić information content (AvgIpc) is 2.63. The summed E-state index contributed by atoms with van der Waals surface area (Å²) in [6.45, 7) is 17.7. The number of benzene rings is 1. The summed E-state index contributed by atoms with van der Waals surface area (Å²) in [5, 5.41) is 11.0. The molecule has 1 aromatic carbocycles. The predicted molar refractivity (Wildman–Crippen MR) is 115 cm³/mol. The van der Waals surface area contributed by atoms with Crippen LogP contribution < -0.4 is 4.90 Å². The Balaban J connectivity index is 1.79. The largest absolute Gasteiger partial charge is 0.507 e. The number of phenolic OH excluding ortho intramolecular Hbond substituents is 1. The van der Waals surface area contributed by atoms with E-state index in [-0.39, 0.29) is 10.8 Å². The van der Waals surface area contributed by atoms with Crippen LogP contribution in [-0.4, -0.2) is 46.2 Å². The van der Waals surface area contributed by atoms with Crippen molar-refractivity contribution in [2.24, 2.45) is 0 Å². The number of nitrogens with zero attached hydrogens (tertiary/aromatic N) is 4. The second-order valence-electron chi connectivity index (χ2n) is 9.86. The van der Waals surface area contributed by atoms with Gasteiger partial charge in [0, 0.05) is 50.7 Å². The van der Waals surface area contributed by atoms with Crippen molar-refractivity contribution >= 4 is 5.82 Å². The van der Waals surface area contributed by atoms with Crippen LogP contribution >= 0.6 is 0 Å². The van der Waals surface area contributed by atoms with Gasteiger partial charge in [-0.2, -0.15) is 0 Å². The standard InChI is InChI=1S/C23H34N4O/c1-22(2,3)18-13-17(21(28)19(14-18)23(4,5)6)16-26-9-11-27(12-10-26)20-15-24-7-8-25-20/h7-8,13-15,28H,9-12,16H2,1-6H3. The van der Waals surface area contributed by atoms with Crippen molar-refractivity contribution in [2.75, 3.05) is 31.1 Å². The zero-order chi connectivity index (χ0) is 20.5. The molecule has 1 saturated heterocycles. The highest BCUT2D eigenvalue weighted by Crippen LogP contribution is 2.38. The van der Waals surface area contributed by atoms with E-state index in [1.807, 2.05) is 6.20 Å². The molecule has 1 N–H and O–H groups in total. The Morgan fingerprint density at radius 1 is 0.929 bits per heavy atom. The highest BCUT2D eigenvalue weighted by Gasteiger charge is 2.26. The third kappa shape index (κ3) is 4.64. The number of rotatable bonds is 3. The van der Waals surface area contributed by atoms with E-state index in [1.165, 1.54) is 5.56 Å². The summed E-state index contributed by atoms with van der Waals surface area (Å²) in [6.07, 6.45) is 5.27. The lowest BCUT2D eigenvalue weighted by Gasteiger charge is -2.36. The van der Waals surface area contributed by atoms with Gasteiger partial charge < -0.3 is 10.0 Å². The van der Waals surface area contributed by atoms with Crippen molar-refractivity contribution in [1.82, 2.24) is 14.9 Å². The first kappa shape index (κ1) is 20.6. The zero-order valence-electron chi connectivity index (χ0n) is 18.2. The lowest BCUT2D eigenvalue weighted by Crippen LogP contribution is -2.46. The monoisotopic (exact) mass is 382 g/mol. The third-order valence-corrected chi connectivity index (χ3v) is 5.50. The first-order valence-corrected chi connectivity index (χ1v) is 10.2. The summed E-state index contributed by atoms with van der Waals surface area (Å²) in [6, 6.07) is 4.38. The van der Waals surface area contributed by atoms with Crippen LogP contribution in [0.15, 0.2) is 30.7 Å². The molecule has 0 atom stereocenters. The van der Waals surface area contributed by atoms with E-state index < -0.39 is 0 Å². The third-order valence-electron chi connectivity index (χ3n) is 5.50. The molecular weight excluding hydrogens is 348 g/mol. The molecule has 0 saturated carbocycles. The van der Waals surface area contributed by atoms with Crippen LogP contribution in [0.2, 0.25) is 0 Å². The summed E-state index contributed by atoms with van der Waals surface area (Å²) in [5.74, 6) is 1.40. The van der Waals surface area contributed by atoms with Gasteiger partial charge >= 0.3 is 0 Å². The van der Waals surface area contributed by atoms with E-state index in [9.17, 15) is 5.11 Å². The minimum Gasteiger partial charge on any atom is -0.507 e. The summed E-state index contributed by atoms with van der Waals surface area (Å²) >= 11 is 0. The highest BCUT2D eigenvalue weighted by molar-refractivity contribution is 5.48. The first-order chi connectivity index (χ1) is 13.1. The van der Waals surface area contributed by atoms with Crippen LogP contribution in [0.3, 0.4) is 0 Å². The molecule has 0 unspecified atom stereocenters. The molecule has 2 aromatic rings. The topological polar surface area (TPSA) is 52.5 Å². The Morgan fingerprint density at radius 2 is 1.61 bits per heavy atom. The van der Waals surface area contributed by atoms with Crippen LogP contribution in [-0.2, 0) is 17.4 Å². The zero-order valence-corrected chi connectivity index (χ0v) is 18.2. The molecule has 0 aliphatic carbocycles. The molecule has 0 amide bonds. The predicted octanol–water partition coefficient (Wildman–Crippen LogP) is 4.10. The van der Waals surface area contributed by atoms with E-state index in [0.717, 1.165) is 49.7 Å². The molecule has 1 aliphatic rings. The summed E-state index contributed by atoms with van der Waals surface area (Å²) in [4.78, 5) is 13.3. The van der Waals surface area contributed by atoms with Gasteiger partial charge in [0.05, 0.1) is 6.20 Å². The molecule has 5 nitrogen and oxygen atoms in total. The Kier molecular flexibility index (Phi) is 5.67. The molecule has 1 aliphatic heterocycles. The number of aromatic nitrogens is 2. The first-order valence-electron chi connectivity index (χ1n) is 10.2. The molecule has 5 heteroatoms. The molecule has 0 radical (unpaired) electrons. The van der Waals surface area contributed by atoms with Gasteiger partial charge in [0.1, 0.15) is 11.6 Å². The van der Waals surface area contributed by atoms with E-state index >= 15 is 0 Å². The maximum absolute atomic E-state index is 11.0. The quantitative estimate of drug-likeness (QED) is 0.866. The van der Waals surface area contributed by atoms with Crippen LogP contribution in [0, 0.1) is 0 Å². The fourth-order valence-corrected chi connectivity index (χ4v) is 3.65. The maximum Gasteiger partial charge on any atom is 0.147 e. The lowest BCUT2D eigenvalue weighted by atomic mass is 9.79. The van der Waals surface area contributed by atoms with Crippen molar-refractivity contribution in [2.45, 2.75) is 58.9 Å². The number of hydrogen-bond acceptors (Lipinski definition) is 5. The van der Waals surface area contributed by atoms with Crippen molar-refractivity contribution in [3.63, 3.8) is 0 Å². The van der Waals surface area contributed by atoms with Gasteiger partial charge in [-0.05, 0) is 22.0 Å². The Bertz CT molecular complexity index is 798. The number of phenols is 1. The van der Waals surface area contributed by atoms with E-state index in [2.05, 4.69) is 73.4 Å². The van der Waals surface area contributed by atoms with Gasteiger partial charge in [-0.15, -0.1) is 0 Å². The minimum atomic E-state index is -0.0925. The molecule has 3 rings (SSSR count). The summed E-state index contributed by atoms with van der Waals surface area (Å²) < 4.78 is 0. The average molecular weight is 383 g/mol. The van der Waals surface area contributed by atoms with Crippen molar-refractivity contribution in [3.8, 4) is 5.75 Å². The number of piperazine rings is 1. The van der Waals surface area contributed by atoms with Gasteiger partial charge in [0.2, 0.25) is 0 Å². The molecular formula is C23H34N4O. The number of hydrogen-bond donors (Lipinski definition) is 1. The SMILES string of the molecule is CC(C)(C)c1cc(CN2CCN(c3cnccn3)CC2)c(O)c(C(C)(C)C)c1. The minimum absolute atomic E-state index is 0.0487. The van der Waals surface area contributed by atoms with E-state index in [0.29, 0.717) is 5.75 Å². The second-order valence-corrected chi connectivity index (χ2v) is 9.86. The summed E-state index contributed by atoms with van der Waals surface area (Å²) in [7, 11) is 0. The Morgan fingerprint density at radius 3 is 2.14 bits per heavy atom. The van der Waals surface area contributed by atoms with Gasteiger partial charge in [0.25, 0.3) is 0 Å². The Labute approximate surface area is 169 Å². The smallest absolute Gasteiger partial charge is 0.147 e. The van der Waals surface area contributed by atoms with Crippen LogP contribution in [0.25, 0.3) is 0 Å². The van der Waals surface area contributed by atoms with Gasteiger partial charge in [-0.3, -0.25) is 9.88 Å². The normalized spacial score (nSPS) is 16.4. The van der Waals surface area contributed by atoms with Crippen molar-refractivity contribution in [1.29, 1.82) is 0 Å². The molecule has 28 heavy (non-hydrogen) atoms. The van der Waals surface area contributed by atoms with Crippen molar-refractivity contribution < 1.29 is 5.11 Å². The Hall–Kier alpha value is -2.14. The molecule has 0 bridgehead atoms. The molecule has 152 valence electrons. The lowest BCUT2D eigenvalue weighted by molar-refractivity contribution is 0.245. The van der Waals surface area contributed by atoms with Crippen LogP contribution in [0.4, 0.5) is 5.82 Å². The van der Waals surface area contributed by atoms with Gasteiger partial charge in [0.15, 0.2) is 0 Å². The molecule has 1 aromatic heterocycles. The van der Waals surface area contributed by atoms with E-state index in [4.69, 9.17) is 0 Å². The van der Waals surface area contributed by atoms with Crippen LogP contribution in [0.1, 0.15) is 58.2 Å². The number of aromatic hydroxyl groups is 1. The fraction of sp³-hybridized carbons (Fsp3) is 0.565. The maximum atomic E-state index is 11.0. The molecule has 1 fully saturated rings. The van der Waals surface area contributed by atoms with Gasteiger partial charge in [-0.1, -0.05) is 53.7 Å². The molecule has 2 heterocycles. The van der Waals surface area contributed by atoms with Crippen LogP contribution in [0.5, 0.6) is 5.75 Å². The molecule has 0 spiro atoms. The fourth-order valence-electron chi connectivity index (χ4n) is 3.65. The summed E-state index contributed by atoms with van der Waals surface area (Å²) in [5.41, 5.74) is 3.31. The highest BCUT2D eigenvalue weighted by atomic mass is 16.3. The van der Waals surface area contributed by atoms with E-state index in [1.54, 1.807) is 12.4 Å². The van der Waals surface area contributed by atoms with Crippen molar-refractivity contribution in [3.05, 3.63) is 47.4 Å². The second kappa shape index (κ2) is 7.70.